The van der Waals surface area contributed by atoms with Crippen LogP contribution in [0.1, 0.15) is 0 Å². The lowest BCUT2D eigenvalue weighted by molar-refractivity contribution is 0.415. The molecule has 0 amide bonds. The van der Waals surface area contributed by atoms with Gasteiger partial charge in [-0.2, -0.15) is 0 Å². The summed E-state index contributed by atoms with van der Waals surface area (Å²) in [4.78, 5) is 12.3. The first-order valence-electron chi connectivity index (χ1n) is 5.80. The zero-order chi connectivity index (χ0) is 12.5. The van der Waals surface area contributed by atoms with Crippen molar-refractivity contribution in [1.29, 1.82) is 0 Å². The van der Waals surface area contributed by atoms with Gasteiger partial charge in [0.15, 0.2) is 5.43 Å². The second kappa shape index (κ2) is 4.15. The summed E-state index contributed by atoms with van der Waals surface area (Å²) in [7, 11) is 1.61. The Morgan fingerprint density at radius 2 is 1.50 bits per heavy atom. The zero-order valence-corrected chi connectivity index (χ0v) is 10.0. The maximum Gasteiger partial charge on any atom is 0.194 e. The minimum Gasteiger partial charge on any atom is -0.497 e. The molecule has 0 unspecified atom stereocenters. The molecule has 0 radical (unpaired) electrons. The molecule has 0 saturated heterocycles. The summed E-state index contributed by atoms with van der Waals surface area (Å²) in [6, 6.07) is 17.1. The summed E-state index contributed by atoms with van der Waals surface area (Å²) < 4.78 is 5.24. The first kappa shape index (κ1) is 10.8. The minimum atomic E-state index is 0.0649. The van der Waals surface area contributed by atoms with Crippen LogP contribution in [0.4, 0.5) is 0 Å². The first-order chi connectivity index (χ1) is 8.81. The Hall–Kier alpha value is -2.35. The highest BCUT2D eigenvalue weighted by Gasteiger charge is 2.14. The summed E-state index contributed by atoms with van der Waals surface area (Å²) in [6.07, 6.45) is 0. The van der Waals surface area contributed by atoms with E-state index in [1.54, 1.807) is 13.2 Å². The molecular formula is C16H12O2. The van der Waals surface area contributed by atoms with E-state index in [1.807, 2.05) is 48.5 Å². The van der Waals surface area contributed by atoms with Crippen LogP contribution in [-0.4, -0.2) is 7.11 Å². The molecule has 1 aromatic carbocycles. The molecule has 18 heavy (non-hydrogen) atoms. The van der Waals surface area contributed by atoms with Crippen molar-refractivity contribution in [3.8, 4) is 16.9 Å². The number of methoxy groups -OCH3 is 1. The Kier molecular flexibility index (Phi) is 2.49. The SMILES string of the molecule is COc1ccccc2c3ccccc3c(=O)c-2c1. The van der Waals surface area contributed by atoms with Crippen molar-refractivity contribution in [3.05, 3.63) is 64.8 Å². The number of benzene rings is 1. The Morgan fingerprint density at radius 3 is 2.28 bits per heavy atom. The fourth-order valence-corrected chi connectivity index (χ4v) is 2.27. The first-order valence-corrected chi connectivity index (χ1v) is 5.80. The zero-order valence-electron chi connectivity index (χ0n) is 10.0. The van der Waals surface area contributed by atoms with E-state index in [2.05, 4.69) is 0 Å². The molecule has 88 valence electrons. The van der Waals surface area contributed by atoms with Gasteiger partial charge in [-0.05, 0) is 23.1 Å². The lowest BCUT2D eigenvalue weighted by atomic mass is 10.1. The molecule has 0 atom stereocenters. The molecule has 0 aromatic heterocycles. The number of hydrogen-bond donors (Lipinski definition) is 0. The molecule has 2 nitrogen and oxygen atoms in total. The molecular weight excluding hydrogens is 224 g/mol. The minimum absolute atomic E-state index is 0.0649. The van der Waals surface area contributed by atoms with E-state index >= 15 is 0 Å². The molecule has 0 bridgehead atoms. The van der Waals surface area contributed by atoms with Crippen molar-refractivity contribution in [3.63, 3.8) is 0 Å². The van der Waals surface area contributed by atoms with Gasteiger partial charge in [-0.3, -0.25) is 4.79 Å². The summed E-state index contributed by atoms with van der Waals surface area (Å²) >= 11 is 0. The van der Waals surface area contributed by atoms with Gasteiger partial charge in [0.05, 0.1) is 7.11 Å². The highest BCUT2D eigenvalue weighted by atomic mass is 16.5. The second-order valence-electron chi connectivity index (χ2n) is 4.17. The fourth-order valence-electron chi connectivity index (χ4n) is 2.27. The van der Waals surface area contributed by atoms with Gasteiger partial charge in [0.1, 0.15) is 5.75 Å². The van der Waals surface area contributed by atoms with Crippen LogP contribution in [0.5, 0.6) is 5.75 Å². The van der Waals surface area contributed by atoms with Gasteiger partial charge < -0.3 is 4.74 Å². The van der Waals surface area contributed by atoms with Gasteiger partial charge in [0.25, 0.3) is 0 Å². The van der Waals surface area contributed by atoms with Gasteiger partial charge in [0, 0.05) is 10.9 Å². The van der Waals surface area contributed by atoms with Crippen molar-refractivity contribution in [2.45, 2.75) is 0 Å². The van der Waals surface area contributed by atoms with Crippen LogP contribution < -0.4 is 10.2 Å². The van der Waals surface area contributed by atoms with Crippen LogP contribution in [0.15, 0.2) is 59.4 Å². The van der Waals surface area contributed by atoms with Crippen LogP contribution in [-0.2, 0) is 0 Å². The Morgan fingerprint density at radius 1 is 0.833 bits per heavy atom. The lowest BCUT2D eigenvalue weighted by Crippen LogP contribution is -1.96. The highest BCUT2D eigenvalue weighted by Crippen LogP contribution is 2.29. The van der Waals surface area contributed by atoms with E-state index in [9.17, 15) is 4.79 Å². The molecule has 0 spiro atoms. The van der Waals surface area contributed by atoms with E-state index < -0.39 is 0 Å². The van der Waals surface area contributed by atoms with Crippen molar-refractivity contribution >= 4 is 10.8 Å². The molecule has 3 rings (SSSR count). The maximum atomic E-state index is 12.3. The van der Waals surface area contributed by atoms with E-state index in [4.69, 9.17) is 4.74 Å². The van der Waals surface area contributed by atoms with Crippen molar-refractivity contribution in [2.24, 2.45) is 0 Å². The maximum absolute atomic E-state index is 12.3. The number of rotatable bonds is 1. The van der Waals surface area contributed by atoms with Crippen LogP contribution >= 0.6 is 0 Å². The average Bonchev–Trinajstić information content (AvgIpc) is 2.62. The Balaban J connectivity index is 2.51. The van der Waals surface area contributed by atoms with Gasteiger partial charge in [-0.15, -0.1) is 0 Å². The largest absolute Gasteiger partial charge is 0.497 e. The normalized spacial score (nSPS) is 10.7. The van der Waals surface area contributed by atoms with E-state index in [-0.39, 0.29) is 5.43 Å². The van der Waals surface area contributed by atoms with Crippen LogP contribution in [0.3, 0.4) is 0 Å². The van der Waals surface area contributed by atoms with Gasteiger partial charge >= 0.3 is 0 Å². The average molecular weight is 236 g/mol. The topological polar surface area (TPSA) is 26.3 Å². The second-order valence-corrected chi connectivity index (χ2v) is 4.17. The summed E-state index contributed by atoms with van der Waals surface area (Å²) in [5, 5.41) is 1.76. The molecule has 0 aliphatic heterocycles. The third-order valence-corrected chi connectivity index (χ3v) is 3.15. The van der Waals surface area contributed by atoms with Crippen molar-refractivity contribution in [2.75, 3.05) is 7.11 Å². The predicted octanol–water partition coefficient (Wildman–Crippen LogP) is 3.31. The number of hydrogen-bond acceptors (Lipinski definition) is 2. The predicted molar refractivity (Wildman–Crippen MR) is 73.4 cm³/mol. The number of ether oxygens (including phenoxy) is 1. The smallest absolute Gasteiger partial charge is 0.194 e. The molecule has 2 aliphatic carbocycles. The Labute approximate surface area is 105 Å². The van der Waals surface area contributed by atoms with Crippen LogP contribution in [0.25, 0.3) is 21.9 Å². The van der Waals surface area contributed by atoms with Gasteiger partial charge in [-0.1, -0.05) is 42.5 Å². The van der Waals surface area contributed by atoms with E-state index in [0.717, 1.165) is 16.3 Å². The third-order valence-electron chi connectivity index (χ3n) is 3.15. The van der Waals surface area contributed by atoms with Crippen LogP contribution in [0.2, 0.25) is 0 Å². The van der Waals surface area contributed by atoms with Crippen LogP contribution in [0, 0.1) is 0 Å². The fraction of sp³-hybridized carbons (Fsp3) is 0.0625. The van der Waals surface area contributed by atoms with E-state index in [1.165, 1.54) is 0 Å². The molecule has 2 aliphatic rings. The molecule has 0 heterocycles. The van der Waals surface area contributed by atoms with E-state index in [0.29, 0.717) is 11.3 Å². The molecule has 1 aromatic rings. The van der Waals surface area contributed by atoms with Gasteiger partial charge in [0.2, 0.25) is 0 Å². The number of fused-ring (bicyclic) bond motifs is 3. The lowest BCUT2D eigenvalue weighted by Gasteiger charge is -1.99. The molecule has 0 saturated carbocycles. The van der Waals surface area contributed by atoms with Crippen molar-refractivity contribution in [1.82, 2.24) is 0 Å². The molecule has 0 fully saturated rings. The highest BCUT2D eigenvalue weighted by molar-refractivity contribution is 6.01. The standard InChI is InChI=1S/C16H12O2/c1-18-11-6-2-3-8-13-12-7-4-5-9-14(12)16(17)15(13)10-11/h2-10H,1H3. The summed E-state index contributed by atoms with van der Waals surface area (Å²) in [5.41, 5.74) is 1.73. The molecule has 0 N–H and O–H groups in total. The summed E-state index contributed by atoms with van der Waals surface area (Å²) in [5.74, 6) is 0.688. The quantitative estimate of drug-likeness (QED) is 0.648. The summed E-state index contributed by atoms with van der Waals surface area (Å²) in [6.45, 7) is 0. The van der Waals surface area contributed by atoms with Gasteiger partial charge in [-0.25, -0.2) is 0 Å². The molecule has 2 heteroatoms. The Bertz CT molecular complexity index is 747. The monoisotopic (exact) mass is 236 g/mol. The third kappa shape index (κ3) is 1.54. The van der Waals surface area contributed by atoms with Crippen molar-refractivity contribution < 1.29 is 4.74 Å².